The van der Waals surface area contributed by atoms with E-state index in [-0.39, 0.29) is 6.03 Å². The summed E-state index contributed by atoms with van der Waals surface area (Å²) in [4.78, 5) is 23.6. The van der Waals surface area contributed by atoms with Gasteiger partial charge < -0.3 is 0 Å². The molecule has 0 fully saturated rings. The smallest absolute Gasteiger partial charge is 0.255 e. The van der Waals surface area contributed by atoms with Gasteiger partial charge in [0.1, 0.15) is 11.7 Å². The molecule has 1 amide bonds. The Labute approximate surface area is 165 Å². The minimum absolute atomic E-state index is 0.0537. The molecule has 27 heavy (non-hydrogen) atoms. The van der Waals surface area contributed by atoms with Crippen LogP contribution in [0.1, 0.15) is 0 Å². The number of fused-ring (bicyclic) bond motifs is 6. The summed E-state index contributed by atoms with van der Waals surface area (Å²) < 4.78 is 1.74. The van der Waals surface area contributed by atoms with Gasteiger partial charge in [-0.2, -0.15) is 9.36 Å². The standard InChI is InChI=1S/C21H16N3OS2/c1-23(2)21(25)24-12-18-20(14-8-4-6-10-16(14)24)27-19-13-7-3-5-9-15(13)22-11-17(19)26-18/h3-12H,1-2H3/q+1. The number of benzene rings is 2. The number of aromatic nitrogens is 2. The molecule has 2 aromatic carbocycles. The number of hydrogen-bond donors (Lipinski definition) is 0. The molecule has 5 rings (SSSR count). The van der Waals surface area contributed by atoms with Crippen molar-refractivity contribution in [2.45, 2.75) is 19.6 Å². The zero-order valence-electron chi connectivity index (χ0n) is 14.8. The van der Waals surface area contributed by atoms with Crippen molar-refractivity contribution in [3.63, 3.8) is 0 Å². The van der Waals surface area contributed by atoms with Gasteiger partial charge in [0.05, 0.1) is 24.5 Å². The lowest BCUT2D eigenvalue weighted by atomic mass is 10.2. The zero-order chi connectivity index (χ0) is 18.5. The van der Waals surface area contributed by atoms with Gasteiger partial charge in [-0.25, -0.2) is 4.90 Å². The fourth-order valence-electron chi connectivity index (χ4n) is 3.30. The van der Waals surface area contributed by atoms with E-state index >= 15 is 0 Å². The van der Waals surface area contributed by atoms with E-state index in [2.05, 4.69) is 23.2 Å². The summed E-state index contributed by atoms with van der Waals surface area (Å²) in [6, 6.07) is 16.3. The molecule has 0 spiro atoms. The first-order valence-corrected chi connectivity index (χ1v) is 10.2. The Morgan fingerprint density at radius 3 is 2.44 bits per heavy atom. The van der Waals surface area contributed by atoms with Gasteiger partial charge in [-0.15, -0.1) is 0 Å². The highest BCUT2D eigenvalue weighted by atomic mass is 32.2. The first-order chi connectivity index (χ1) is 13.1. The van der Waals surface area contributed by atoms with Crippen molar-refractivity contribution < 1.29 is 9.36 Å². The molecule has 0 saturated heterocycles. The number of nitrogens with zero attached hydrogens (tertiary/aromatic N) is 3. The molecule has 0 N–H and O–H groups in total. The van der Waals surface area contributed by atoms with Crippen LogP contribution in [0.4, 0.5) is 4.79 Å². The third-order valence-corrected chi connectivity index (χ3v) is 7.19. The van der Waals surface area contributed by atoms with Gasteiger partial charge in [0, 0.05) is 31.7 Å². The summed E-state index contributed by atoms with van der Waals surface area (Å²) in [5.74, 6) is 0. The molecule has 4 aromatic rings. The molecule has 2 aromatic heterocycles. The van der Waals surface area contributed by atoms with E-state index in [1.807, 2.05) is 42.7 Å². The number of pyridine rings is 2. The van der Waals surface area contributed by atoms with Crippen LogP contribution in [0.5, 0.6) is 0 Å². The second kappa shape index (κ2) is 6.25. The number of carbonyl (C=O) groups is 1. The van der Waals surface area contributed by atoms with Crippen molar-refractivity contribution in [2.24, 2.45) is 0 Å². The molecule has 1 aliphatic rings. The first kappa shape index (κ1) is 16.6. The van der Waals surface area contributed by atoms with Crippen LogP contribution < -0.4 is 4.57 Å². The predicted molar refractivity (Wildman–Crippen MR) is 109 cm³/mol. The first-order valence-electron chi connectivity index (χ1n) is 8.56. The largest absolute Gasteiger partial charge is 0.497 e. The van der Waals surface area contributed by atoms with E-state index in [9.17, 15) is 4.79 Å². The third kappa shape index (κ3) is 2.59. The molecule has 0 saturated carbocycles. The van der Waals surface area contributed by atoms with Crippen LogP contribution in [0.15, 0.2) is 80.5 Å². The van der Waals surface area contributed by atoms with Gasteiger partial charge in [-0.3, -0.25) is 4.98 Å². The maximum Gasteiger partial charge on any atom is 0.497 e. The van der Waals surface area contributed by atoms with E-state index < -0.39 is 0 Å². The molecule has 0 bridgehead atoms. The lowest BCUT2D eigenvalue weighted by Crippen LogP contribution is -2.50. The van der Waals surface area contributed by atoms with Crippen LogP contribution in [0.2, 0.25) is 0 Å². The topological polar surface area (TPSA) is 37.1 Å². The Hall–Kier alpha value is -2.57. The minimum Gasteiger partial charge on any atom is -0.255 e. The summed E-state index contributed by atoms with van der Waals surface area (Å²) in [6.07, 6.45) is 3.89. The number of amides is 1. The van der Waals surface area contributed by atoms with E-state index in [0.29, 0.717) is 0 Å². The Balaban J connectivity index is 1.77. The normalized spacial score (nSPS) is 12.7. The van der Waals surface area contributed by atoms with Crippen LogP contribution >= 0.6 is 23.5 Å². The van der Waals surface area contributed by atoms with Crippen molar-refractivity contribution in [1.29, 1.82) is 0 Å². The van der Waals surface area contributed by atoms with E-state index in [1.54, 1.807) is 47.1 Å². The van der Waals surface area contributed by atoms with Crippen LogP contribution in [-0.2, 0) is 0 Å². The third-order valence-electron chi connectivity index (χ3n) is 4.58. The van der Waals surface area contributed by atoms with E-state index in [0.717, 1.165) is 26.2 Å². The molecule has 1 aliphatic heterocycles. The van der Waals surface area contributed by atoms with E-state index in [4.69, 9.17) is 0 Å². The fourth-order valence-corrected chi connectivity index (χ4v) is 5.78. The van der Waals surface area contributed by atoms with Crippen LogP contribution in [0.25, 0.3) is 21.8 Å². The molecular formula is C21H16N3OS2+. The highest BCUT2D eigenvalue weighted by Gasteiger charge is 2.28. The quantitative estimate of drug-likeness (QED) is 0.355. The Morgan fingerprint density at radius 1 is 0.926 bits per heavy atom. The lowest BCUT2D eigenvalue weighted by Gasteiger charge is -2.21. The second-order valence-corrected chi connectivity index (χ2v) is 8.66. The second-order valence-electron chi connectivity index (χ2n) is 6.56. The minimum atomic E-state index is -0.0537. The molecule has 0 atom stereocenters. The predicted octanol–water partition coefficient (Wildman–Crippen LogP) is 4.82. The van der Waals surface area contributed by atoms with Gasteiger partial charge >= 0.3 is 6.03 Å². The molecule has 6 heteroatoms. The van der Waals surface area contributed by atoms with Gasteiger partial charge in [-0.05, 0) is 18.2 Å². The van der Waals surface area contributed by atoms with Crippen molar-refractivity contribution in [2.75, 3.05) is 14.1 Å². The summed E-state index contributed by atoms with van der Waals surface area (Å²) in [7, 11) is 3.55. The van der Waals surface area contributed by atoms with Crippen LogP contribution in [0.3, 0.4) is 0 Å². The molecular weight excluding hydrogens is 374 g/mol. The summed E-state index contributed by atoms with van der Waals surface area (Å²) in [5.41, 5.74) is 1.93. The Kier molecular flexibility index (Phi) is 3.84. The SMILES string of the molecule is CN(C)C(=O)[n+]1cc2c(c3ccccc31)Sc1c(cnc3ccccc13)S2. The number of para-hydroxylation sites is 2. The Bertz CT molecular complexity index is 1240. The summed E-state index contributed by atoms with van der Waals surface area (Å²) in [5, 5.41) is 2.26. The number of carbonyl (C=O) groups excluding carboxylic acids is 1. The summed E-state index contributed by atoms with van der Waals surface area (Å²) >= 11 is 3.45. The molecule has 0 radical (unpaired) electrons. The Morgan fingerprint density at radius 2 is 1.63 bits per heavy atom. The average molecular weight is 391 g/mol. The van der Waals surface area contributed by atoms with Gasteiger partial charge in [0.15, 0.2) is 0 Å². The molecule has 4 nitrogen and oxygen atoms in total. The molecule has 3 heterocycles. The average Bonchev–Trinajstić information content (AvgIpc) is 2.71. The zero-order valence-corrected chi connectivity index (χ0v) is 16.5. The van der Waals surface area contributed by atoms with Crippen molar-refractivity contribution in [3.8, 4) is 0 Å². The van der Waals surface area contributed by atoms with Crippen molar-refractivity contribution in [3.05, 3.63) is 60.9 Å². The van der Waals surface area contributed by atoms with Crippen molar-refractivity contribution in [1.82, 2.24) is 9.88 Å². The number of rotatable bonds is 0. The number of hydrogen-bond acceptors (Lipinski definition) is 4. The van der Waals surface area contributed by atoms with Gasteiger partial charge in [0.2, 0.25) is 0 Å². The van der Waals surface area contributed by atoms with Crippen molar-refractivity contribution >= 4 is 51.4 Å². The molecule has 0 aliphatic carbocycles. The summed E-state index contributed by atoms with van der Waals surface area (Å²) in [6.45, 7) is 0. The highest BCUT2D eigenvalue weighted by molar-refractivity contribution is 8.05. The lowest BCUT2D eigenvalue weighted by molar-refractivity contribution is -0.552. The molecule has 0 unspecified atom stereocenters. The van der Waals surface area contributed by atoms with E-state index in [1.165, 1.54) is 15.2 Å². The molecule has 132 valence electrons. The monoisotopic (exact) mass is 390 g/mol. The highest BCUT2D eigenvalue weighted by Crippen LogP contribution is 2.51. The van der Waals surface area contributed by atoms with Crippen LogP contribution in [0, 0.1) is 0 Å². The maximum absolute atomic E-state index is 12.7. The maximum atomic E-state index is 12.7. The fraction of sp³-hybridized carbons (Fsp3) is 0.0952. The van der Waals surface area contributed by atoms with Gasteiger partial charge in [0.25, 0.3) is 0 Å². The van der Waals surface area contributed by atoms with Crippen LogP contribution in [-0.4, -0.2) is 30.0 Å². The van der Waals surface area contributed by atoms with Gasteiger partial charge in [-0.1, -0.05) is 53.9 Å².